The second kappa shape index (κ2) is 6.65. The number of piperidine rings is 1. The Kier molecular flexibility index (Phi) is 4.65. The quantitative estimate of drug-likeness (QED) is 0.891. The minimum Gasteiger partial charge on any atom is -0.375 e. The Morgan fingerprint density at radius 1 is 1.45 bits per heavy atom. The van der Waals surface area contributed by atoms with E-state index in [1.807, 2.05) is 0 Å². The maximum Gasteiger partial charge on any atom is 0.226 e. The normalized spacial score (nSPS) is 19.6. The number of nitrogens with one attached hydrogen (secondary N) is 2. The van der Waals surface area contributed by atoms with Crippen LogP contribution in [0, 0.1) is 5.92 Å². The summed E-state index contributed by atoms with van der Waals surface area (Å²) in [6.07, 6.45) is 4.83. The van der Waals surface area contributed by atoms with Crippen LogP contribution >= 0.6 is 11.3 Å². The van der Waals surface area contributed by atoms with E-state index in [0.717, 1.165) is 48.2 Å². The van der Waals surface area contributed by atoms with Crippen molar-refractivity contribution in [1.82, 2.24) is 10.3 Å². The molecule has 1 amide bonds. The van der Waals surface area contributed by atoms with Crippen LogP contribution in [0.2, 0.25) is 0 Å². The summed E-state index contributed by atoms with van der Waals surface area (Å²) in [7, 11) is 0. The first kappa shape index (κ1) is 14.0. The summed E-state index contributed by atoms with van der Waals surface area (Å²) in [4.78, 5) is 17.6. The SMILES string of the molecule is O=C(CCC1CCNCC1)Nc1nc2c(s1)COCC2. The zero-order valence-electron chi connectivity index (χ0n) is 11.6. The molecule has 1 saturated heterocycles. The summed E-state index contributed by atoms with van der Waals surface area (Å²) in [6, 6.07) is 0. The lowest BCUT2D eigenvalue weighted by molar-refractivity contribution is -0.116. The van der Waals surface area contributed by atoms with E-state index in [1.165, 1.54) is 12.8 Å². The van der Waals surface area contributed by atoms with E-state index in [-0.39, 0.29) is 5.91 Å². The van der Waals surface area contributed by atoms with E-state index in [2.05, 4.69) is 15.6 Å². The maximum absolute atomic E-state index is 12.0. The Hall–Kier alpha value is -0.980. The molecule has 1 fully saturated rings. The summed E-state index contributed by atoms with van der Waals surface area (Å²) in [5, 5.41) is 7.02. The van der Waals surface area contributed by atoms with Crippen molar-refractivity contribution in [2.75, 3.05) is 25.0 Å². The molecule has 2 N–H and O–H groups in total. The Balaban J connectivity index is 1.47. The molecule has 6 heteroatoms. The van der Waals surface area contributed by atoms with E-state index >= 15 is 0 Å². The van der Waals surface area contributed by atoms with E-state index in [4.69, 9.17) is 4.74 Å². The van der Waals surface area contributed by atoms with Gasteiger partial charge in [-0.2, -0.15) is 0 Å². The molecule has 3 heterocycles. The van der Waals surface area contributed by atoms with Crippen molar-refractivity contribution in [3.05, 3.63) is 10.6 Å². The lowest BCUT2D eigenvalue weighted by atomic mass is 9.93. The van der Waals surface area contributed by atoms with Gasteiger partial charge >= 0.3 is 0 Å². The number of carbonyl (C=O) groups excluding carboxylic acids is 1. The Labute approximate surface area is 123 Å². The number of hydrogen-bond donors (Lipinski definition) is 2. The summed E-state index contributed by atoms with van der Waals surface area (Å²) in [5.74, 6) is 0.787. The molecular formula is C14H21N3O2S. The molecule has 2 aliphatic heterocycles. The Morgan fingerprint density at radius 2 is 2.30 bits per heavy atom. The van der Waals surface area contributed by atoms with E-state index in [0.29, 0.717) is 18.9 Å². The summed E-state index contributed by atoms with van der Waals surface area (Å²) in [6.45, 7) is 3.55. The molecule has 3 rings (SSSR count). The molecule has 0 radical (unpaired) electrons. The predicted molar refractivity (Wildman–Crippen MR) is 78.9 cm³/mol. The zero-order valence-corrected chi connectivity index (χ0v) is 12.4. The number of fused-ring (bicyclic) bond motifs is 1. The number of thiazole rings is 1. The molecule has 5 nitrogen and oxygen atoms in total. The minimum absolute atomic E-state index is 0.0931. The largest absolute Gasteiger partial charge is 0.375 e. The van der Waals surface area contributed by atoms with Gasteiger partial charge in [0.2, 0.25) is 5.91 Å². The second-order valence-electron chi connectivity index (χ2n) is 5.47. The van der Waals surface area contributed by atoms with Crippen LogP contribution in [0.15, 0.2) is 0 Å². The first-order chi connectivity index (χ1) is 9.81. The lowest BCUT2D eigenvalue weighted by Gasteiger charge is -2.21. The highest BCUT2D eigenvalue weighted by molar-refractivity contribution is 7.15. The molecule has 0 aromatic carbocycles. The molecule has 1 aromatic rings. The van der Waals surface area contributed by atoms with Crippen LogP contribution < -0.4 is 10.6 Å². The van der Waals surface area contributed by atoms with Crippen molar-refractivity contribution >= 4 is 22.4 Å². The number of amides is 1. The molecule has 1 aromatic heterocycles. The van der Waals surface area contributed by atoms with Gasteiger partial charge in [0.1, 0.15) is 0 Å². The monoisotopic (exact) mass is 295 g/mol. The summed E-state index contributed by atoms with van der Waals surface area (Å²) >= 11 is 1.55. The molecule has 20 heavy (non-hydrogen) atoms. The average Bonchev–Trinajstić information content (AvgIpc) is 2.88. The van der Waals surface area contributed by atoms with Crippen LogP contribution in [0.3, 0.4) is 0 Å². The Morgan fingerprint density at radius 3 is 3.10 bits per heavy atom. The van der Waals surface area contributed by atoms with Gasteiger partial charge in [-0.15, -0.1) is 0 Å². The predicted octanol–water partition coefficient (Wildman–Crippen LogP) is 1.93. The molecule has 0 aliphatic carbocycles. The number of aromatic nitrogens is 1. The van der Waals surface area contributed by atoms with E-state index in [9.17, 15) is 4.79 Å². The molecule has 110 valence electrons. The van der Waals surface area contributed by atoms with Gasteiger partial charge in [0, 0.05) is 12.8 Å². The smallest absolute Gasteiger partial charge is 0.226 e. The first-order valence-electron chi connectivity index (χ1n) is 7.38. The highest BCUT2D eigenvalue weighted by Gasteiger charge is 2.18. The number of nitrogens with zero attached hydrogens (tertiary/aromatic N) is 1. The van der Waals surface area contributed by atoms with Crippen LogP contribution in [0.25, 0.3) is 0 Å². The van der Waals surface area contributed by atoms with Crippen molar-refractivity contribution < 1.29 is 9.53 Å². The third kappa shape index (κ3) is 3.56. The maximum atomic E-state index is 12.0. The van der Waals surface area contributed by atoms with Crippen molar-refractivity contribution in [3.8, 4) is 0 Å². The molecule has 0 saturated carbocycles. The van der Waals surface area contributed by atoms with Crippen molar-refractivity contribution in [2.24, 2.45) is 5.92 Å². The van der Waals surface area contributed by atoms with Gasteiger partial charge < -0.3 is 15.4 Å². The third-order valence-corrected chi connectivity index (χ3v) is 4.97. The van der Waals surface area contributed by atoms with Crippen LogP contribution in [-0.2, 0) is 22.6 Å². The van der Waals surface area contributed by atoms with Crippen molar-refractivity contribution in [1.29, 1.82) is 0 Å². The number of hydrogen-bond acceptors (Lipinski definition) is 5. The number of rotatable bonds is 4. The number of anilines is 1. The van der Waals surface area contributed by atoms with Crippen LogP contribution in [-0.4, -0.2) is 30.6 Å². The van der Waals surface area contributed by atoms with Crippen LogP contribution in [0.5, 0.6) is 0 Å². The van der Waals surface area contributed by atoms with Crippen LogP contribution in [0.4, 0.5) is 5.13 Å². The van der Waals surface area contributed by atoms with E-state index in [1.54, 1.807) is 11.3 Å². The zero-order chi connectivity index (χ0) is 13.8. The lowest BCUT2D eigenvalue weighted by Crippen LogP contribution is -2.28. The van der Waals surface area contributed by atoms with Gasteiger partial charge in [-0.25, -0.2) is 4.98 Å². The topological polar surface area (TPSA) is 63.2 Å². The number of carbonyl (C=O) groups is 1. The number of ether oxygens (including phenoxy) is 1. The van der Waals surface area contributed by atoms with Crippen molar-refractivity contribution in [3.63, 3.8) is 0 Å². The average molecular weight is 295 g/mol. The summed E-state index contributed by atoms with van der Waals surface area (Å²) in [5.41, 5.74) is 1.09. The van der Waals surface area contributed by atoms with E-state index < -0.39 is 0 Å². The Bertz CT molecular complexity index is 445. The van der Waals surface area contributed by atoms with Gasteiger partial charge in [0.05, 0.1) is 23.8 Å². The minimum atomic E-state index is 0.0931. The first-order valence-corrected chi connectivity index (χ1v) is 8.20. The fourth-order valence-electron chi connectivity index (χ4n) is 2.77. The fraction of sp³-hybridized carbons (Fsp3) is 0.714. The van der Waals surface area contributed by atoms with Gasteiger partial charge in [0.25, 0.3) is 0 Å². The van der Waals surface area contributed by atoms with Gasteiger partial charge in [-0.3, -0.25) is 4.79 Å². The second-order valence-corrected chi connectivity index (χ2v) is 6.56. The highest BCUT2D eigenvalue weighted by atomic mass is 32.1. The third-order valence-electron chi connectivity index (χ3n) is 3.98. The van der Waals surface area contributed by atoms with Gasteiger partial charge in [0.15, 0.2) is 5.13 Å². The standard InChI is InChI=1S/C14H21N3O2S/c18-13(2-1-10-3-6-15-7-4-10)17-14-16-11-5-8-19-9-12(11)20-14/h10,15H,1-9H2,(H,16,17,18). The van der Waals surface area contributed by atoms with Gasteiger partial charge in [-0.1, -0.05) is 11.3 Å². The fourth-order valence-corrected chi connectivity index (χ4v) is 3.73. The molecule has 0 bridgehead atoms. The highest BCUT2D eigenvalue weighted by Crippen LogP contribution is 2.27. The molecule has 0 spiro atoms. The van der Waals surface area contributed by atoms with Crippen molar-refractivity contribution in [2.45, 2.75) is 38.7 Å². The molecule has 2 aliphatic rings. The molecule has 0 atom stereocenters. The molecule has 0 unspecified atom stereocenters. The molecular weight excluding hydrogens is 274 g/mol. The van der Waals surface area contributed by atoms with Gasteiger partial charge in [-0.05, 0) is 38.3 Å². The summed E-state index contributed by atoms with van der Waals surface area (Å²) < 4.78 is 5.39. The van der Waals surface area contributed by atoms with Crippen LogP contribution in [0.1, 0.15) is 36.3 Å².